The number of hydrogen-bond acceptors (Lipinski definition) is 5. The monoisotopic (exact) mass is 364 g/mol. The van der Waals surface area contributed by atoms with Gasteiger partial charge in [-0.3, -0.25) is 10.3 Å². The number of rotatable bonds is 3. The molecule has 1 heterocycles. The van der Waals surface area contributed by atoms with E-state index in [0.29, 0.717) is 11.3 Å². The Balaban J connectivity index is 2.32. The lowest BCUT2D eigenvalue weighted by atomic mass is 10.2. The first-order valence-electron chi connectivity index (χ1n) is 7.40. The van der Waals surface area contributed by atoms with E-state index >= 15 is 0 Å². The maximum atomic E-state index is 13.8. The number of nitrogens with zero attached hydrogens (tertiary/aromatic N) is 2. The fourth-order valence-electron chi connectivity index (χ4n) is 1.87. The number of aliphatic imine (C=N–C) groups is 1. The van der Waals surface area contributed by atoms with Crippen LogP contribution in [0.3, 0.4) is 0 Å². The number of carbonyl (C=O) groups excluding carboxylic acids is 1. The summed E-state index contributed by atoms with van der Waals surface area (Å²) in [4.78, 5) is 20.0. The summed E-state index contributed by atoms with van der Waals surface area (Å²) in [6.45, 7) is 5.21. The minimum Gasteiger partial charge on any atom is -0.444 e. The lowest BCUT2D eigenvalue weighted by Gasteiger charge is -2.20. The van der Waals surface area contributed by atoms with Crippen LogP contribution in [0.15, 0.2) is 35.5 Å². The predicted molar refractivity (Wildman–Crippen MR) is 97.2 cm³/mol. The topological polar surface area (TPSA) is 89.6 Å². The normalized spacial score (nSPS) is 11.6. The smallest absolute Gasteiger partial charge is 0.413 e. The van der Waals surface area contributed by atoms with Gasteiger partial charge in [0.05, 0.1) is 10.6 Å². The van der Waals surface area contributed by atoms with Gasteiger partial charge in [-0.1, -0.05) is 17.7 Å². The summed E-state index contributed by atoms with van der Waals surface area (Å²) < 4.78 is 19.0. The number of pyridine rings is 1. The number of benzene rings is 1. The number of ether oxygens (including phenoxy) is 1. The molecule has 0 aliphatic rings. The van der Waals surface area contributed by atoms with Crippen molar-refractivity contribution in [3.8, 4) is 0 Å². The average molecular weight is 365 g/mol. The maximum absolute atomic E-state index is 13.8. The molecule has 132 valence electrons. The van der Waals surface area contributed by atoms with Gasteiger partial charge in [0.15, 0.2) is 0 Å². The molecule has 8 heteroatoms. The van der Waals surface area contributed by atoms with Gasteiger partial charge in [0.1, 0.15) is 22.9 Å². The van der Waals surface area contributed by atoms with Gasteiger partial charge in [0.2, 0.25) is 0 Å². The molecule has 1 aromatic carbocycles. The molecule has 0 unspecified atom stereocenters. The highest BCUT2D eigenvalue weighted by atomic mass is 35.5. The van der Waals surface area contributed by atoms with Gasteiger partial charge in [-0.05, 0) is 39.0 Å². The predicted octanol–water partition coefficient (Wildman–Crippen LogP) is 4.55. The Hall–Kier alpha value is -2.67. The number of aromatic nitrogens is 1. The molecule has 0 radical (unpaired) electrons. The number of para-hydroxylation sites is 1. The van der Waals surface area contributed by atoms with Crippen molar-refractivity contribution in [3.63, 3.8) is 0 Å². The second kappa shape index (κ2) is 7.48. The van der Waals surface area contributed by atoms with Crippen LogP contribution in [0, 0.1) is 5.82 Å². The van der Waals surface area contributed by atoms with E-state index in [4.69, 9.17) is 22.1 Å². The van der Waals surface area contributed by atoms with Gasteiger partial charge in [-0.2, -0.15) is 0 Å². The third-order valence-electron chi connectivity index (χ3n) is 2.90. The standard InChI is InChI=1S/C17H18ClFN4O2/c1-17(2,3)25-16(24)23-15-10(13(20)7-8-21-15)9-22-14-11(18)5-4-6-12(14)19/h4-9H,1-3H3,(H3,20,21,23,24). The van der Waals surface area contributed by atoms with Gasteiger partial charge in [-0.15, -0.1) is 0 Å². The van der Waals surface area contributed by atoms with Gasteiger partial charge >= 0.3 is 6.09 Å². The fourth-order valence-corrected chi connectivity index (χ4v) is 2.08. The molecular weight excluding hydrogens is 347 g/mol. The van der Waals surface area contributed by atoms with Crippen LogP contribution in [-0.2, 0) is 4.74 Å². The van der Waals surface area contributed by atoms with Crippen LogP contribution in [-0.4, -0.2) is 22.9 Å². The van der Waals surface area contributed by atoms with E-state index in [9.17, 15) is 9.18 Å². The quantitative estimate of drug-likeness (QED) is 0.781. The number of nitrogens with one attached hydrogen (secondary N) is 1. The van der Waals surface area contributed by atoms with Crippen LogP contribution in [0.2, 0.25) is 5.02 Å². The summed E-state index contributed by atoms with van der Waals surface area (Å²) in [5, 5.41) is 2.66. The molecule has 1 aromatic heterocycles. The van der Waals surface area contributed by atoms with Crippen molar-refractivity contribution in [1.29, 1.82) is 0 Å². The van der Waals surface area contributed by atoms with Crippen LogP contribution in [0.5, 0.6) is 0 Å². The minimum atomic E-state index is -0.691. The number of hydrogen-bond donors (Lipinski definition) is 2. The van der Waals surface area contributed by atoms with Crippen molar-refractivity contribution < 1.29 is 13.9 Å². The Bertz CT molecular complexity index is 799. The van der Waals surface area contributed by atoms with Crippen LogP contribution >= 0.6 is 11.6 Å². The highest BCUT2D eigenvalue weighted by Gasteiger charge is 2.18. The number of anilines is 2. The van der Waals surface area contributed by atoms with E-state index in [1.807, 2.05) is 0 Å². The molecule has 0 saturated heterocycles. The van der Waals surface area contributed by atoms with Crippen molar-refractivity contribution in [2.75, 3.05) is 11.1 Å². The molecule has 0 bridgehead atoms. The van der Waals surface area contributed by atoms with Crippen molar-refractivity contribution in [2.24, 2.45) is 4.99 Å². The van der Waals surface area contributed by atoms with Crippen molar-refractivity contribution in [3.05, 3.63) is 46.9 Å². The van der Waals surface area contributed by atoms with E-state index in [1.165, 1.54) is 36.7 Å². The Morgan fingerprint density at radius 2 is 2.12 bits per heavy atom. The highest BCUT2D eigenvalue weighted by molar-refractivity contribution is 6.33. The molecule has 0 saturated carbocycles. The van der Waals surface area contributed by atoms with E-state index < -0.39 is 17.5 Å². The number of nitrogens with two attached hydrogens (primary N) is 1. The SMILES string of the molecule is CC(C)(C)OC(=O)Nc1nccc(N)c1C=Nc1c(F)cccc1Cl. The van der Waals surface area contributed by atoms with E-state index in [1.54, 1.807) is 20.8 Å². The molecule has 6 nitrogen and oxygen atoms in total. The van der Waals surface area contributed by atoms with E-state index in [-0.39, 0.29) is 16.5 Å². The van der Waals surface area contributed by atoms with Crippen LogP contribution in [0.1, 0.15) is 26.3 Å². The first kappa shape index (κ1) is 18.7. The third-order valence-corrected chi connectivity index (χ3v) is 3.21. The lowest BCUT2D eigenvalue weighted by molar-refractivity contribution is 0.0635. The largest absolute Gasteiger partial charge is 0.444 e. The molecule has 1 amide bonds. The number of halogens is 2. The van der Waals surface area contributed by atoms with Crippen LogP contribution in [0.25, 0.3) is 0 Å². The summed E-state index contributed by atoms with van der Waals surface area (Å²) in [6, 6.07) is 5.77. The van der Waals surface area contributed by atoms with Gasteiger partial charge < -0.3 is 10.5 Å². The number of amides is 1. The lowest BCUT2D eigenvalue weighted by Crippen LogP contribution is -2.28. The molecular formula is C17H18ClFN4O2. The van der Waals surface area contributed by atoms with Gasteiger partial charge in [0, 0.05) is 18.1 Å². The summed E-state index contributed by atoms with van der Waals surface area (Å²) in [6.07, 6.45) is 2.03. The Kier molecular flexibility index (Phi) is 5.58. The molecule has 2 aromatic rings. The zero-order valence-corrected chi connectivity index (χ0v) is 14.8. The Morgan fingerprint density at radius 3 is 2.76 bits per heavy atom. The fraction of sp³-hybridized carbons (Fsp3) is 0.235. The Morgan fingerprint density at radius 1 is 1.40 bits per heavy atom. The second-order valence-corrected chi connectivity index (χ2v) is 6.53. The van der Waals surface area contributed by atoms with Crippen LogP contribution < -0.4 is 11.1 Å². The molecule has 3 N–H and O–H groups in total. The molecule has 0 fully saturated rings. The van der Waals surface area contributed by atoms with Gasteiger partial charge in [-0.25, -0.2) is 14.2 Å². The molecule has 0 spiro atoms. The molecule has 0 atom stereocenters. The van der Waals surface area contributed by atoms with Crippen molar-refractivity contribution in [1.82, 2.24) is 4.98 Å². The average Bonchev–Trinajstić information content (AvgIpc) is 2.47. The maximum Gasteiger partial charge on any atom is 0.413 e. The second-order valence-electron chi connectivity index (χ2n) is 6.12. The molecule has 25 heavy (non-hydrogen) atoms. The first-order valence-corrected chi connectivity index (χ1v) is 7.78. The zero-order valence-electron chi connectivity index (χ0n) is 14.0. The highest BCUT2D eigenvalue weighted by Crippen LogP contribution is 2.28. The summed E-state index contributed by atoms with van der Waals surface area (Å²) in [5.41, 5.74) is 5.83. The number of nitrogen functional groups attached to an aromatic ring is 1. The minimum absolute atomic E-state index is 0.0318. The van der Waals surface area contributed by atoms with Crippen LogP contribution in [0.4, 0.5) is 26.4 Å². The number of carbonyl (C=O) groups is 1. The summed E-state index contributed by atoms with van der Waals surface area (Å²) in [5.74, 6) is -0.432. The van der Waals surface area contributed by atoms with Crippen molar-refractivity contribution in [2.45, 2.75) is 26.4 Å². The molecule has 0 aliphatic heterocycles. The summed E-state index contributed by atoms with van der Waals surface area (Å²) in [7, 11) is 0. The first-order chi connectivity index (χ1) is 11.7. The van der Waals surface area contributed by atoms with Crippen molar-refractivity contribution >= 4 is 41.1 Å². The zero-order chi connectivity index (χ0) is 18.6. The van der Waals surface area contributed by atoms with E-state index in [0.717, 1.165) is 0 Å². The van der Waals surface area contributed by atoms with Gasteiger partial charge in [0.25, 0.3) is 0 Å². The molecule has 2 rings (SSSR count). The van der Waals surface area contributed by atoms with E-state index in [2.05, 4.69) is 15.3 Å². The summed E-state index contributed by atoms with van der Waals surface area (Å²) >= 11 is 5.94. The Labute approximate surface area is 149 Å². The third kappa shape index (κ3) is 5.15. The molecule has 0 aliphatic carbocycles.